The largest absolute Gasteiger partial charge is 0.375 e. The second-order valence-corrected chi connectivity index (χ2v) is 11.1. The standard InChI is InChI=1S/C22H32FN3O4S/c1-31(28,29)26-9-7-22(8-10-26)17-18(6-15-30-22)16-21(27)25-13-11-24(12-14-25)20-5-3-2-4-19(20)23/h2-5,18H,6-17H2,1H3. The van der Waals surface area contributed by atoms with Crippen LogP contribution in [-0.2, 0) is 19.6 Å². The summed E-state index contributed by atoms with van der Waals surface area (Å²) in [6.45, 7) is 4.06. The minimum absolute atomic E-state index is 0.156. The number of piperidine rings is 1. The number of piperazine rings is 1. The van der Waals surface area contributed by atoms with Crippen LogP contribution in [0.2, 0.25) is 0 Å². The lowest BCUT2D eigenvalue weighted by Gasteiger charge is -2.46. The van der Waals surface area contributed by atoms with Crippen molar-refractivity contribution in [2.45, 2.75) is 37.7 Å². The third kappa shape index (κ3) is 5.21. The zero-order chi connectivity index (χ0) is 22.1. The minimum atomic E-state index is -3.17. The van der Waals surface area contributed by atoms with Gasteiger partial charge in [-0.3, -0.25) is 4.79 Å². The molecule has 1 spiro atoms. The van der Waals surface area contributed by atoms with E-state index in [-0.39, 0.29) is 23.2 Å². The van der Waals surface area contributed by atoms with Gasteiger partial charge in [-0.2, -0.15) is 0 Å². The van der Waals surface area contributed by atoms with Gasteiger partial charge in [0.1, 0.15) is 5.82 Å². The molecule has 1 amide bonds. The molecular formula is C22H32FN3O4S. The van der Waals surface area contributed by atoms with Crippen LogP contribution in [0.25, 0.3) is 0 Å². The van der Waals surface area contributed by atoms with Crippen molar-refractivity contribution < 1.29 is 22.3 Å². The van der Waals surface area contributed by atoms with Crippen molar-refractivity contribution in [3.8, 4) is 0 Å². The number of ether oxygens (including phenoxy) is 1. The number of hydrogen-bond donors (Lipinski definition) is 0. The number of rotatable bonds is 4. The van der Waals surface area contributed by atoms with Gasteiger partial charge >= 0.3 is 0 Å². The van der Waals surface area contributed by atoms with Gasteiger partial charge in [0, 0.05) is 52.3 Å². The number of sulfonamides is 1. The Kier molecular flexibility index (Phi) is 6.55. The lowest BCUT2D eigenvalue weighted by molar-refractivity contribution is -0.140. The summed E-state index contributed by atoms with van der Waals surface area (Å²) in [4.78, 5) is 16.8. The van der Waals surface area contributed by atoms with Gasteiger partial charge in [-0.05, 0) is 43.7 Å². The molecule has 1 aromatic rings. The normalized spacial score (nSPS) is 25.0. The van der Waals surface area contributed by atoms with Crippen LogP contribution in [0, 0.1) is 11.7 Å². The first-order valence-corrected chi connectivity index (χ1v) is 13.0. The van der Waals surface area contributed by atoms with Crippen molar-refractivity contribution in [1.29, 1.82) is 0 Å². The van der Waals surface area contributed by atoms with Crippen LogP contribution in [0.4, 0.5) is 10.1 Å². The summed E-state index contributed by atoms with van der Waals surface area (Å²) in [7, 11) is -3.17. The first-order valence-electron chi connectivity index (χ1n) is 11.1. The zero-order valence-corrected chi connectivity index (χ0v) is 18.9. The molecule has 3 aliphatic heterocycles. The van der Waals surface area contributed by atoms with Crippen molar-refractivity contribution in [1.82, 2.24) is 9.21 Å². The molecule has 3 aliphatic rings. The smallest absolute Gasteiger partial charge is 0.222 e. The number of anilines is 1. The summed E-state index contributed by atoms with van der Waals surface area (Å²) in [6.07, 6.45) is 4.79. The Balaban J connectivity index is 1.28. The lowest BCUT2D eigenvalue weighted by atomic mass is 9.78. The highest BCUT2D eigenvalue weighted by molar-refractivity contribution is 7.88. The number of amides is 1. The van der Waals surface area contributed by atoms with E-state index >= 15 is 0 Å². The molecule has 0 aliphatic carbocycles. The molecule has 1 unspecified atom stereocenters. The molecule has 172 valence electrons. The first-order chi connectivity index (χ1) is 14.8. The summed E-state index contributed by atoms with van der Waals surface area (Å²) in [5, 5.41) is 0. The van der Waals surface area contributed by atoms with Gasteiger partial charge in [-0.1, -0.05) is 12.1 Å². The Morgan fingerprint density at radius 2 is 1.81 bits per heavy atom. The van der Waals surface area contributed by atoms with Crippen LogP contribution in [0.5, 0.6) is 0 Å². The molecule has 1 atom stereocenters. The summed E-state index contributed by atoms with van der Waals surface area (Å²) in [5.41, 5.74) is 0.301. The van der Waals surface area contributed by atoms with E-state index in [4.69, 9.17) is 4.74 Å². The molecule has 9 heteroatoms. The fraction of sp³-hybridized carbons (Fsp3) is 0.682. The summed E-state index contributed by atoms with van der Waals surface area (Å²) in [5.74, 6) is 0.191. The van der Waals surface area contributed by atoms with E-state index in [2.05, 4.69) is 0 Å². The number of carbonyl (C=O) groups excluding carboxylic acids is 1. The second kappa shape index (κ2) is 9.03. The average Bonchev–Trinajstić information content (AvgIpc) is 2.74. The topological polar surface area (TPSA) is 70.2 Å². The van der Waals surface area contributed by atoms with E-state index in [0.29, 0.717) is 70.8 Å². The van der Waals surface area contributed by atoms with Crippen LogP contribution in [0.1, 0.15) is 32.1 Å². The SMILES string of the molecule is CS(=O)(=O)N1CCC2(CC1)CC(CC(=O)N1CCN(c3ccccc3F)CC1)CCO2. The highest BCUT2D eigenvalue weighted by Crippen LogP contribution is 2.39. The molecule has 0 saturated carbocycles. The van der Waals surface area contributed by atoms with E-state index in [1.165, 1.54) is 16.6 Å². The summed E-state index contributed by atoms with van der Waals surface area (Å²) < 4.78 is 45.2. The number of carbonyl (C=O) groups is 1. The molecule has 7 nitrogen and oxygen atoms in total. The van der Waals surface area contributed by atoms with Crippen LogP contribution in [0.15, 0.2) is 24.3 Å². The molecule has 0 N–H and O–H groups in total. The van der Waals surface area contributed by atoms with Crippen LogP contribution >= 0.6 is 0 Å². The Morgan fingerprint density at radius 1 is 1.13 bits per heavy atom. The fourth-order valence-electron chi connectivity index (χ4n) is 5.16. The van der Waals surface area contributed by atoms with E-state index in [1.807, 2.05) is 15.9 Å². The lowest BCUT2D eigenvalue weighted by Crippen LogP contribution is -2.52. The number of hydrogen-bond acceptors (Lipinski definition) is 5. The molecule has 3 heterocycles. The third-order valence-corrected chi connectivity index (χ3v) is 8.29. The van der Waals surface area contributed by atoms with Gasteiger partial charge in [0.2, 0.25) is 15.9 Å². The molecule has 0 bridgehead atoms. The van der Waals surface area contributed by atoms with Crippen LogP contribution in [0.3, 0.4) is 0 Å². The molecule has 0 radical (unpaired) electrons. The number of para-hydroxylation sites is 1. The van der Waals surface area contributed by atoms with Crippen LogP contribution in [-0.4, -0.2) is 81.3 Å². The number of benzene rings is 1. The van der Waals surface area contributed by atoms with E-state index in [1.54, 1.807) is 12.1 Å². The van der Waals surface area contributed by atoms with Gasteiger partial charge in [0.25, 0.3) is 0 Å². The summed E-state index contributed by atoms with van der Waals surface area (Å²) >= 11 is 0. The molecular weight excluding hydrogens is 421 g/mol. The third-order valence-electron chi connectivity index (χ3n) is 6.99. The molecule has 3 saturated heterocycles. The Labute approximate surface area is 184 Å². The van der Waals surface area contributed by atoms with Crippen molar-refractivity contribution in [3.05, 3.63) is 30.1 Å². The first kappa shape index (κ1) is 22.5. The maximum atomic E-state index is 14.0. The fourth-order valence-corrected chi connectivity index (χ4v) is 6.00. The van der Waals surface area contributed by atoms with Crippen molar-refractivity contribution >= 4 is 21.6 Å². The van der Waals surface area contributed by atoms with Gasteiger partial charge in [-0.15, -0.1) is 0 Å². The van der Waals surface area contributed by atoms with E-state index in [0.717, 1.165) is 12.8 Å². The average molecular weight is 454 g/mol. The maximum Gasteiger partial charge on any atom is 0.222 e. The van der Waals surface area contributed by atoms with E-state index in [9.17, 15) is 17.6 Å². The minimum Gasteiger partial charge on any atom is -0.375 e. The van der Waals surface area contributed by atoms with Gasteiger partial charge in [-0.25, -0.2) is 17.1 Å². The van der Waals surface area contributed by atoms with Crippen molar-refractivity contribution in [2.24, 2.45) is 5.92 Å². The highest BCUT2D eigenvalue weighted by atomic mass is 32.2. The predicted octanol–water partition coefficient (Wildman–Crippen LogP) is 2.09. The summed E-state index contributed by atoms with van der Waals surface area (Å²) in [6, 6.07) is 6.76. The predicted molar refractivity (Wildman–Crippen MR) is 117 cm³/mol. The number of nitrogens with zero attached hydrogens (tertiary/aromatic N) is 3. The van der Waals surface area contributed by atoms with Crippen LogP contribution < -0.4 is 4.90 Å². The van der Waals surface area contributed by atoms with Crippen molar-refractivity contribution in [2.75, 3.05) is 57.0 Å². The van der Waals surface area contributed by atoms with Gasteiger partial charge in [0.15, 0.2) is 0 Å². The highest BCUT2D eigenvalue weighted by Gasteiger charge is 2.42. The maximum absolute atomic E-state index is 14.0. The van der Waals surface area contributed by atoms with Gasteiger partial charge < -0.3 is 14.5 Å². The zero-order valence-electron chi connectivity index (χ0n) is 18.1. The molecule has 4 rings (SSSR count). The van der Waals surface area contributed by atoms with Crippen molar-refractivity contribution in [3.63, 3.8) is 0 Å². The quantitative estimate of drug-likeness (QED) is 0.698. The Morgan fingerprint density at radius 3 is 2.45 bits per heavy atom. The molecule has 3 fully saturated rings. The molecule has 1 aromatic carbocycles. The Hall–Kier alpha value is -1.71. The number of halogens is 1. The van der Waals surface area contributed by atoms with Gasteiger partial charge in [0.05, 0.1) is 17.5 Å². The Bertz CT molecular complexity index is 894. The molecule has 31 heavy (non-hydrogen) atoms. The molecule has 0 aromatic heterocycles. The second-order valence-electron chi connectivity index (χ2n) is 9.08. The van der Waals surface area contributed by atoms with E-state index < -0.39 is 10.0 Å². The monoisotopic (exact) mass is 453 g/mol.